The number of piperidine rings is 1. The van der Waals surface area contributed by atoms with Gasteiger partial charge in [0.15, 0.2) is 0 Å². The van der Waals surface area contributed by atoms with Gasteiger partial charge in [0.05, 0.1) is 6.10 Å². The summed E-state index contributed by atoms with van der Waals surface area (Å²) < 4.78 is 5.40. The molecule has 18 heavy (non-hydrogen) atoms. The van der Waals surface area contributed by atoms with Crippen LogP contribution >= 0.6 is 0 Å². The number of likely N-dealkylation sites (tertiary alicyclic amines) is 1. The first-order valence-corrected chi connectivity index (χ1v) is 6.51. The molecule has 0 aromatic carbocycles. The van der Waals surface area contributed by atoms with Crippen LogP contribution in [0.5, 0.6) is 0 Å². The summed E-state index contributed by atoms with van der Waals surface area (Å²) in [5, 5.41) is 10.3. The molecule has 1 N–H and O–H groups in total. The Morgan fingerprint density at radius 1 is 1.17 bits per heavy atom. The average Bonchev–Trinajstić information content (AvgIpc) is 2.10. The molecular weight excluding hydrogens is 230 g/mol. The van der Waals surface area contributed by atoms with Crippen LogP contribution in [0.1, 0.15) is 48.5 Å². The van der Waals surface area contributed by atoms with E-state index in [0.717, 1.165) is 0 Å². The molecule has 1 aliphatic heterocycles. The molecule has 1 saturated heterocycles. The molecule has 0 unspecified atom stereocenters. The van der Waals surface area contributed by atoms with Gasteiger partial charge in [0, 0.05) is 23.9 Å². The van der Waals surface area contributed by atoms with Gasteiger partial charge in [0.1, 0.15) is 5.60 Å². The summed E-state index contributed by atoms with van der Waals surface area (Å²) >= 11 is 0. The number of hydrogen-bond donors (Lipinski definition) is 1. The van der Waals surface area contributed by atoms with Gasteiger partial charge in [-0.3, -0.25) is 0 Å². The molecule has 0 aromatic heterocycles. The molecule has 4 heteroatoms. The van der Waals surface area contributed by atoms with Crippen LogP contribution in [0, 0.1) is 10.8 Å². The molecule has 0 bridgehead atoms. The first kappa shape index (κ1) is 15.3. The smallest absolute Gasteiger partial charge is 0.410 e. The first-order valence-electron chi connectivity index (χ1n) is 6.51. The summed E-state index contributed by atoms with van der Waals surface area (Å²) in [6.45, 7) is 14.6. The molecule has 1 aliphatic rings. The van der Waals surface area contributed by atoms with Gasteiger partial charge in [0.2, 0.25) is 0 Å². The number of hydrogen-bond acceptors (Lipinski definition) is 3. The predicted octanol–water partition coefficient (Wildman–Crippen LogP) is 2.65. The lowest BCUT2D eigenvalue weighted by atomic mass is 9.68. The van der Waals surface area contributed by atoms with Crippen LogP contribution in [-0.2, 0) is 4.74 Å². The van der Waals surface area contributed by atoms with Crippen molar-refractivity contribution in [3.63, 3.8) is 0 Å². The molecule has 1 rings (SSSR count). The third kappa shape index (κ3) is 3.37. The second-order valence-electron chi connectivity index (χ2n) is 7.72. The first-order chi connectivity index (χ1) is 7.85. The zero-order valence-corrected chi connectivity index (χ0v) is 12.7. The number of aliphatic hydroxyl groups is 1. The lowest BCUT2D eigenvalue weighted by Gasteiger charge is -2.50. The predicted molar refractivity (Wildman–Crippen MR) is 71.4 cm³/mol. The van der Waals surface area contributed by atoms with E-state index >= 15 is 0 Å². The summed E-state index contributed by atoms with van der Waals surface area (Å²) in [5.74, 6) is 0. The molecule has 0 saturated carbocycles. The third-order valence-electron chi connectivity index (χ3n) is 3.33. The van der Waals surface area contributed by atoms with E-state index in [-0.39, 0.29) is 16.9 Å². The highest BCUT2D eigenvalue weighted by atomic mass is 16.6. The Kier molecular flexibility index (Phi) is 3.74. The van der Waals surface area contributed by atoms with Crippen molar-refractivity contribution in [3.8, 4) is 0 Å². The lowest BCUT2D eigenvalue weighted by molar-refractivity contribution is -0.106. The summed E-state index contributed by atoms with van der Waals surface area (Å²) in [5.41, 5.74) is -1.13. The van der Waals surface area contributed by atoms with Gasteiger partial charge >= 0.3 is 6.09 Å². The van der Waals surface area contributed by atoms with Crippen molar-refractivity contribution in [2.75, 3.05) is 13.1 Å². The van der Waals surface area contributed by atoms with Gasteiger partial charge in [-0.2, -0.15) is 0 Å². The van der Waals surface area contributed by atoms with Gasteiger partial charge in [-0.15, -0.1) is 0 Å². The number of amides is 1. The zero-order valence-electron chi connectivity index (χ0n) is 12.7. The number of nitrogens with zero attached hydrogens (tertiary/aromatic N) is 1. The zero-order chi connectivity index (χ0) is 14.4. The van der Waals surface area contributed by atoms with Gasteiger partial charge in [0.25, 0.3) is 0 Å². The van der Waals surface area contributed by atoms with Crippen molar-refractivity contribution in [3.05, 3.63) is 0 Å². The van der Waals surface area contributed by atoms with Gasteiger partial charge in [-0.1, -0.05) is 27.7 Å². The summed E-state index contributed by atoms with van der Waals surface area (Å²) in [6, 6.07) is 0. The molecule has 4 nitrogen and oxygen atoms in total. The fraction of sp³-hybridized carbons (Fsp3) is 0.929. The molecule has 106 valence electrons. The minimum atomic E-state index is -0.485. The molecule has 0 radical (unpaired) electrons. The maximum Gasteiger partial charge on any atom is 0.410 e. The molecule has 0 aromatic rings. The second-order valence-corrected chi connectivity index (χ2v) is 7.72. The van der Waals surface area contributed by atoms with E-state index in [4.69, 9.17) is 4.74 Å². The molecule has 1 fully saturated rings. The van der Waals surface area contributed by atoms with E-state index in [1.165, 1.54) is 0 Å². The maximum absolute atomic E-state index is 12.1. The Labute approximate surface area is 110 Å². The van der Waals surface area contributed by atoms with E-state index in [1.54, 1.807) is 4.90 Å². The molecule has 0 atom stereocenters. The van der Waals surface area contributed by atoms with Crippen molar-refractivity contribution in [2.45, 2.75) is 60.2 Å². The summed E-state index contributed by atoms with van der Waals surface area (Å²) in [4.78, 5) is 13.8. The minimum absolute atomic E-state index is 0.296. The summed E-state index contributed by atoms with van der Waals surface area (Å²) in [6.07, 6.45) is -0.723. The van der Waals surface area contributed by atoms with Crippen LogP contribution in [0.3, 0.4) is 0 Å². The number of ether oxygens (including phenoxy) is 1. The van der Waals surface area contributed by atoms with Gasteiger partial charge in [-0.05, 0) is 20.8 Å². The van der Waals surface area contributed by atoms with E-state index in [2.05, 4.69) is 0 Å². The quantitative estimate of drug-likeness (QED) is 0.726. The van der Waals surface area contributed by atoms with Crippen LogP contribution in [-0.4, -0.2) is 40.9 Å². The second kappa shape index (κ2) is 4.41. The Hall–Kier alpha value is -0.770. The largest absolute Gasteiger partial charge is 0.444 e. The standard InChI is InChI=1S/C14H27NO3/c1-12(2,3)18-11(17)15-8-13(4,5)10(16)14(6,7)9-15/h10,16H,8-9H2,1-7H3. The highest BCUT2D eigenvalue weighted by molar-refractivity contribution is 5.68. The van der Waals surface area contributed by atoms with Crippen molar-refractivity contribution in [1.82, 2.24) is 4.90 Å². The Balaban J connectivity index is 2.84. The van der Waals surface area contributed by atoms with E-state index in [1.807, 2.05) is 48.5 Å². The minimum Gasteiger partial charge on any atom is -0.444 e. The van der Waals surface area contributed by atoms with Crippen LogP contribution in [0.25, 0.3) is 0 Å². The van der Waals surface area contributed by atoms with Gasteiger partial charge in [-0.25, -0.2) is 4.79 Å². The molecule has 1 heterocycles. The highest BCUT2D eigenvalue weighted by Gasteiger charge is 2.47. The average molecular weight is 257 g/mol. The van der Waals surface area contributed by atoms with E-state index < -0.39 is 11.7 Å². The SMILES string of the molecule is CC(C)(C)OC(=O)N1CC(C)(C)C(O)C(C)(C)C1. The topological polar surface area (TPSA) is 49.8 Å². The van der Waals surface area contributed by atoms with E-state index in [0.29, 0.717) is 13.1 Å². The molecule has 0 spiro atoms. The van der Waals surface area contributed by atoms with Gasteiger partial charge < -0.3 is 14.7 Å². The number of carbonyl (C=O) groups is 1. The van der Waals surface area contributed by atoms with Crippen LogP contribution in [0.4, 0.5) is 4.79 Å². The summed E-state index contributed by atoms with van der Waals surface area (Å²) in [7, 11) is 0. The Bertz CT molecular complexity index is 310. The highest BCUT2D eigenvalue weighted by Crippen LogP contribution is 2.40. The van der Waals surface area contributed by atoms with Crippen molar-refractivity contribution >= 4 is 6.09 Å². The third-order valence-corrected chi connectivity index (χ3v) is 3.33. The van der Waals surface area contributed by atoms with Crippen LogP contribution in [0.15, 0.2) is 0 Å². The van der Waals surface area contributed by atoms with Crippen LogP contribution < -0.4 is 0 Å². The number of carbonyl (C=O) groups excluding carboxylic acids is 1. The fourth-order valence-corrected chi connectivity index (χ4v) is 2.73. The number of rotatable bonds is 0. The van der Waals surface area contributed by atoms with Crippen LogP contribution in [0.2, 0.25) is 0 Å². The Morgan fingerprint density at radius 2 is 1.56 bits per heavy atom. The maximum atomic E-state index is 12.1. The fourth-order valence-electron chi connectivity index (χ4n) is 2.73. The molecular formula is C14H27NO3. The number of aliphatic hydroxyl groups excluding tert-OH is 1. The van der Waals surface area contributed by atoms with Crippen molar-refractivity contribution in [1.29, 1.82) is 0 Å². The normalized spacial score (nSPS) is 23.9. The lowest BCUT2D eigenvalue weighted by Crippen LogP contribution is -2.60. The Morgan fingerprint density at radius 3 is 1.89 bits per heavy atom. The monoisotopic (exact) mass is 257 g/mol. The van der Waals surface area contributed by atoms with Crippen molar-refractivity contribution < 1.29 is 14.6 Å². The molecule has 1 amide bonds. The van der Waals surface area contributed by atoms with Crippen molar-refractivity contribution in [2.24, 2.45) is 10.8 Å². The molecule has 0 aliphatic carbocycles. The van der Waals surface area contributed by atoms with E-state index in [9.17, 15) is 9.90 Å².